The third kappa shape index (κ3) is 3.09. The molecule has 2 aromatic heterocycles. The first-order valence-corrected chi connectivity index (χ1v) is 8.58. The zero-order valence-corrected chi connectivity index (χ0v) is 15.1. The minimum atomic E-state index is -4.47. The molecule has 0 radical (unpaired) electrons. The van der Waals surface area contributed by atoms with E-state index in [0.717, 1.165) is 22.9 Å². The molecule has 2 heterocycles. The predicted molar refractivity (Wildman–Crippen MR) is 100 cm³/mol. The van der Waals surface area contributed by atoms with Crippen molar-refractivity contribution < 1.29 is 18.3 Å². The number of phenolic OH excluding ortho intramolecular Hbond substituents is 1. The van der Waals surface area contributed by atoms with Gasteiger partial charge in [0.1, 0.15) is 5.75 Å². The Balaban J connectivity index is 1.90. The summed E-state index contributed by atoms with van der Waals surface area (Å²) in [4.78, 5) is 4.21. The quantitative estimate of drug-likeness (QED) is 0.502. The molecule has 0 atom stereocenters. The number of rotatable bonds is 2. The van der Waals surface area contributed by atoms with Crippen molar-refractivity contribution >= 4 is 10.8 Å². The Bertz CT molecular complexity index is 1200. The van der Waals surface area contributed by atoms with Gasteiger partial charge in [-0.05, 0) is 48.9 Å². The van der Waals surface area contributed by atoms with Crippen molar-refractivity contribution in [1.29, 1.82) is 0 Å². The molecule has 0 aliphatic carbocycles. The number of nitrogens with zero attached hydrogens (tertiary/aromatic N) is 3. The number of aromatic nitrogens is 3. The second-order valence-corrected chi connectivity index (χ2v) is 6.62. The van der Waals surface area contributed by atoms with Crippen LogP contribution in [0, 0.1) is 13.8 Å². The SMILES string of the molecule is Cc1cc(C(F)(F)F)cc(-n2nc(-c3c(O)ccc4ccccc34)cc2C)n1. The molecule has 0 unspecified atom stereocenters. The van der Waals surface area contributed by atoms with Crippen LogP contribution in [0.1, 0.15) is 17.0 Å². The molecule has 0 amide bonds. The molecule has 142 valence electrons. The highest BCUT2D eigenvalue weighted by molar-refractivity contribution is 5.98. The first kappa shape index (κ1) is 18.0. The van der Waals surface area contributed by atoms with Crippen molar-refractivity contribution in [1.82, 2.24) is 14.8 Å². The van der Waals surface area contributed by atoms with E-state index in [9.17, 15) is 18.3 Å². The Hall–Kier alpha value is -3.35. The number of benzene rings is 2. The van der Waals surface area contributed by atoms with Gasteiger partial charge in [-0.2, -0.15) is 18.3 Å². The first-order valence-electron chi connectivity index (χ1n) is 8.58. The minimum absolute atomic E-state index is 0.0523. The summed E-state index contributed by atoms with van der Waals surface area (Å²) < 4.78 is 40.9. The fourth-order valence-electron chi connectivity index (χ4n) is 3.28. The summed E-state index contributed by atoms with van der Waals surface area (Å²) in [6.45, 7) is 3.24. The summed E-state index contributed by atoms with van der Waals surface area (Å²) in [5.74, 6) is 0.132. The van der Waals surface area contributed by atoms with Gasteiger partial charge in [-0.25, -0.2) is 9.67 Å². The molecule has 0 fully saturated rings. The maximum Gasteiger partial charge on any atom is 0.416 e. The van der Waals surface area contributed by atoms with E-state index in [0.29, 0.717) is 17.0 Å². The lowest BCUT2D eigenvalue weighted by molar-refractivity contribution is -0.137. The Morgan fingerprint density at radius 1 is 0.964 bits per heavy atom. The lowest BCUT2D eigenvalue weighted by atomic mass is 10.0. The van der Waals surface area contributed by atoms with Crippen LogP contribution in [0.3, 0.4) is 0 Å². The van der Waals surface area contributed by atoms with Gasteiger partial charge in [0.2, 0.25) is 0 Å². The van der Waals surface area contributed by atoms with Crippen LogP contribution in [0.15, 0.2) is 54.6 Å². The van der Waals surface area contributed by atoms with Crippen LogP contribution in [-0.4, -0.2) is 19.9 Å². The number of fused-ring (bicyclic) bond motifs is 1. The number of pyridine rings is 1. The smallest absolute Gasteiger partial charge is 0.416 e. The molecule has 0 saturated heterocycles. The second kappa shape index (κ2) is 6.37. The first-order chi connectivity index (χ1) is 13.2. The summed E-state index contributed by atoms with van der Waals surface area (Å²) in [5.41, 5.74) is 1.06. The molecular formula is C21H16F3N3O. The number of alkyl halides is 3. The van der Waals surface area contributed by atoms with Crippen molar-refractivity contribution in [3.8, 4) is 22.8 Å². The van der Waals surface area contributed by atoms with Crippen molar-refractivity contribution in [3.05, 3.63) is 71.5 Å². The molecule has 4 rings (SSSR count). The van der Waals surface area contributed by atoms with Crippen LogP contribution in [0.4, 0.5) is 13.2 Å². The molecule has 28 heavy (non-hydrogen) atoms. The van der Waals surface area contributed by atoms with Crippen LogP contribution in [0.25, 0.3) is 27.8 Å². The van der Waals surface area contributed by atoms with E-state index in [4.69, 9.17) is 0 Å². The zero-order valence-electron chi connectivity index (χ0n) is 15.1. The molecule has 7 heteroatoms. The van der Waals surface area contributed by atoms with E-state index in [1.165, 1.54) is 11.6 Å². The average molecular weight is 383 g/mol. The minimum Gasteiger partial charge on any atom is -0.507 e. The van der Waals surface area contributed by atoms with Gasteiger partial charge in [0.25, 0.3) is 0 Å². The highest BCUT2D eigenvalue weighted by Gasteiger charge is 2.31. The molecule has 4 aromatic rings. The van der Waals surface area contributed by atoms with E-state index >= 15 is 0 Å². The molecule has 1 N–H and O–H groups in total. The lowest BCUT2D eigenvalue weighted by Gasteiger charge is -2.11. The van der Waals surface area contributed by atoms with Crippen molar-refractivity contribution in [3.63, 3.8) is 0 Å². The van der Waals surface area contributed by atoms with Gasteiger partial charge in [-0.15, -0.1) is 0 Å². The maximum atomic E-state index is 13.2. The topological polar surface area (TPSA) is 50.9 Å². The number of hydrogen-bond donors (Lipinski definition) is 1. The van der Waals surface area contributed by atoms with E-state index in [-0.39, 0.29) is 17.3 Å². The van der Waals surface area contributed by atoms with E-state index in [2.05, 4.69) is 10.1 Å². The van der Waals surface area contributed by atoms with E-state index in [1.807, 2.05) is 24.3 Å². The van der Waals surface area contributed by atoms with Gasteiger partial charge in [-0.3, -0.25) is 0 Å². The molecule has 0 aliphatic rings. The second-order valence-electron chi connectivity index (χ2n) is 6.62. The Labute approximate surface area is 158 Å². The lowest BCUT2D eigenvalue weighted by Crippen LogP contribution is -2.10. The van der Waals surface area contributed by atoms with Crippen molar-refractivity contribution in [2.75, 3.05) is 0 Å². The van der Waals surface area contributed by atoms with Gasteiger partial charge < -0.3 is 5.11 Å². The molecular weight excluding hydrogens is 367 g/mol. The van der Waals surface area contributed by atoms with Crippen molar-refractivity contribution in [2.24, 2.45) is 0 Å². The largest absolute Gasteiger partial charge is 0.507 e. The Kier molecular flexibility index (Phi) is 4.10. The molecule has 2 aromatic carbocycles. The van der Waals surface area contributed by atoms with Crippen LogP contribution in [0.5, 0.6) is 5.75 Å². The zero-order chi connectivity index (χ0) is 20.1. The fraction of sp³-hybridized carbons (Fsp3) is 0.143. The van der Waals surface area contributed by atoms with E-state index < -0.39 is 11.7 Å². The monoisotopic (exact) mass is 383 g/mol. The molecule has 0 bridgehead atoms. The Morgan fingerprint density at radius 3 is 2.46 bits per heavy atom. The average Bonchev–Trinajstić information content (AvgIpc) is 3.01. The summed E-state index contributed by atoms with van der Waals surface area (Å²) in [7, 11) is 0. The highest BCUT2D eigenvalue weighted by atomic mass is 19.4. The van der Waals surface area contributed by atoms with Gasteiger partial charge in [-0.1, -0.05) is 30.3 Å². The standard InChI is InChI=1S/C21H16F3N3O/c1-12-9-15(21(22,23)24)11-19(25-12)27-13(2)10-17(26-27)20-16-6-4-3-5-14(16)7-8-18(20)28/h3-11,28H,1-2H3. The summed E-state index contributed by atoms with van der Waals surface area (Å²) in [5, 5.41) is 16.6. The summed E-state index contributed by atoms with van der Waals surface area (Å²) >= 11 is 0. The third-order valence-electron chi connectivity index (χ3n) is 4.53. The molecule has 4 nitrogen and oxygen atoms in total. The summed E-state index contributed by atoms with van der Waals surface area (Å²) in [6.07, 6.45) is -4.47. The number of phenols is 1. The van der Waals surface area contributed by atoms with Gasteiger partial charge in [0.05, 0.1) is 16.8 Å². The van der Waals surface area contributed by atoms with Gasteiger partial charge in [0.15, 0.2) is 5.82 Å². The number of hydrogen-bond acceptors (Lipinski definition) is 3. The molecule has 0 spiro atoms. The maximum absolute atomic E-state index is 13.2. The number of halogens is 3. The van der Waals surface area contributed by atoms with Gasteiger partial charge >= 0.3 is 6.18 Å². The predicted octanol–water partition coefficient (Wildman–Crippen LogP) is 5.43. The van der Waals surface area contributed by atoms with Gasteiger partial charge in [0, 0.05) is 11.4 Å². The Morgan fingerprint density at radius 2 is 1.71 bits per heavy atom. The van der Waals surface area contributed by atoms with Crippen LogP contribution in [0.2, 0.25) is 0 Å². The highest BCUT2D eigenvalue weighted by Crippen LogP contribution is 2.36. The number of aryl methyl sites for hydroxylation is 2. The van der Waals surface area contributed by atoms with Crippen LogP contribution in [-0.2, 0) is 6.18 Å². The fourth-order valence-corrected chi connectivity index (χ4v) is 3.28. The third-order valence-corrected chi connectivity index (χ3v) is 4.53. The van der Waals surface area contributed by atoms with Crippen LogP contribution < -0.4 is 0 Å². The molecule has 0 aliphatic heterocycles. The van der Waals surface area contributed by atoms with Crippen molar-refractivity contribution in [2.45, 2.75) is 20.0 Å². The van der Waals surface area contributed by atoms with E-state index in [1.54, 1.807) is 25.1 Å². The summed E-state index contributed by atoms with van der Waals surface area (Å²) in [6, 6.07) is 14.6. The number of aromatic hydroxyl groups is 1. The normalized spacial score (nSPS) is 11.9. The van der Waals surface area contributed by atoms with Crippen LogP contribution >= 0.6 is 0 Å². The molecule has 0 saturated carbocycles.